The monoisotopic (exact) mass is 407 g/mol. The van der Waals surface area contributed by atoms with Crippen molar-refractivity contribution < 1.29 is 18.8 Å². The molecule has 0 atom stereocenters. The minimum absolute atomic E-state index is 0.00812. The van der Waals surface area contributed by atoms with E-state index in [4.69, 9.17) is 0 Å². The zero-order chi connectivity index (χ0) is 18.2. The highest BCUT2D eigenvalue weighted by molar-refractivity contribution is 9.10. The Morgan fingerprint density at radius 3 is 2.12 bits per heavy atom. The number of carbonyl (C=O) groups excluding carboxylic acids is 3. The summed E-state index contributed by atoms with van der Waals surface area (Å²) in [7, 11) is 0. The van der Waals surface area contributed by atoms with Crippen LogP contribution in [0.15, 0.2) is 53.0 Å². The van der Waals surface area contributed by atoms with Gasteiger partial charge in [-0.1, -0.05) is 28.1 Å². The molecule has 0 bridgehead atoms. The predicted molar refractivity (Wildman–Crippen MR) is 92.9 cm³/mol. The van der Waals surface area contributed by atoms with Gasteiger partial charge in [-0.3, -0.25) is 25.2 Å². The maximum Gasteiger partial charge on any atom is 0.257 e. The molecule has 8 heteroatoms. The third-order valence-electron chi connectivity index (χ3n) is 3.14. The van der Waals surface area contributed by atoms with E-state index in [1.165, 1.54) is 24.3 Å². The number of benzene rings is 2. The summed E-state index contributed by atoms with van der Waals surface area (Å²) in [5.41, 5.74) is 5.44. The van der Waals surface area contributed by atoms with Crippen LogP contribution in [0.2, 0.25) is 0 Å². The molecule has 0 unspecified atom stereocenters. The maximum absolute atomic E-state index is 12.8. The molecular formula is C17H15BrFN3O3. The molecule has 2 aromatic rings. The Morgan fingerprint density at radius 2 is 1.48 bits per heavy atom. The second-order valence-corrected chi connectivity index (χ2v) is 6.00. The molecule has 25 heavy (non-hydrogen) atoms. The fourth-order valence-electron chi connectivity index (χ4n) is 1.88. The number of hydrogen-bond donors (Lipinski definition) is 3. The summed E-state index contributed by atoms with van der Waals surface area (Å²) in [6.45, 7) is -0.286. The first-order valence-electron chi connectivity index (χ1n) is 7.30. The third-order valence-corrected chi connectivity index (χ3v) is 3.66. The standard InChI is InChI=1S/C17H15BrFN3O3/c18-13-5-3-12(4-6-13)17(25)20-10-16(24)22-21-15(23)9-11-1-7-14(19)8-2-11/h1-8H,9-10H2,(H,20,25)(H,21,23)(H,22,24). The molecule has 0 aliphatic carbocycles. The van der Waals surface area contributed by atoms with Crippen molar-refractivity contribution in [1.82, 2.24) is 16.2 Å². The topological polar surface area (TPSA) is 87.3 Å². The number of nitrogens with one attached hydrogen (secondary N) is 3. The van der Waals surface area contributed by atoms with Gasteiger partial charge in [0.05, 0.1) is 13.0 Å². The van der Waals surface area contributed by atoms with Gasteiger partial charge in [0, 0.05) is 10.0 Å². The highest BCUT2D eigenvalue weighted by Gasteiger charge is 2.09. The Labute approximate surface area is 151 Å². The highest BCUT2D eigenvalue weighted by Crippen LogP contribution is 2.10. The fourth-order valence-corrected chi connectivity index (χ4v) is 2.14. The molecule has 130 valence electrons. The molecule has 0 heterocycles. The van der Waals surface area contributed by atoms with E-state index in [1.807, 2.05) is 0 Å². The van der Waals surface area contributed by atoms with E-state index in [1.54, 1.807) is 24.3 Å². The summed E-state index contributed by atoms with van der Waals surface area (Å²) >= 11 is 3.26. The number of hydrogen-bond acceptors (Lipinski definition) is 3. The summed E-state index contributed by atoms with van der Waals surface area (Å²) in [5.74, 6) is -1.82. The van der Waals surface area contributed by atoms with Crippen LogP contribution in [0, 0.1) is 5.82 Å². The van der Waals surface area contributed by atoms with Crippen molar-refractivity contribution in [3.63, 3.8) is 0 Å². The number of rotatable bonds is 5. The quantitative estimate of drug-likeness (QED) is 0.659. The minimum atomic E-state index is -0.571. The van der Waals surface area contributed by atoms with Crippen molar-refractivity contribution in [1.29, 1.82) is 0 Å². The van der Waals surface area contributed by atoms with E-state index in [2.05, 4.69) is 32.1 Å². The minimum Gasteiger partial charge on any atom is -0.343 e. The van der Waals surface area contributed by atoms with Crippen molar-refractivity contribution in [2.24, 2.45) is 0 Å². The SMILES string of the molecule is O=C(CNC(=O)c1ccc(Br)cc1)NNC(=O)Cc1ccc(F)cc1. The Balaban J connectivity index is 1.71. The molecule has 0 aliphatic rings. The predicted octanol–water partition coefficient (Wildman–Crippen LogP) is 1.71. The van der Waals surface area contributed by atoms with Gasteiger partial charge in [-0.15, -0.1) is 0 Å². The van der Waals surface area contributed by atoms with E-state index >= 15 is 0 Å². The summed E-state index contributed by atoms with van der Waals surface area (Å²) in [5, 5.41) is 2.44. The average Bonchev–Trinajstić information content (AvgIpc) is 2.60. The molecule has 0 aliphatic heterocycles. The summed E-state index contributed by atoms with van der Waals surface area (Å²) in [6.07, 6.45) is -0.00812. The summed E-state index contributed by atoms with van der Waals surface area (Å²) in [4.78, 5) is 35.2. The molecule has 3 N–H and O–H groups in total. The molecule has 2 aromatic carbocycles. The summed E-state index contributed by atoms with van der Waals surface area (Å²) < 4.78 is 13.6. The van der Waals surface area contributed by atoms with Crippen molar-refractivity contribution >= 4 is 33.7 Å². The van der Waals surface area contributed by atoms with Gasteiger partial charge < -0.3 is 5.32 Å². The lowest BCUT2D eigenvalue weighted by molar-refractivity contribution is -0.128. The van der Waals surface area contributed by atoms with Gasteiger partial charge in [0.2, 0.25) is 5.91 Å². The average molecular weight is 408 g/mol. The first kappa shape index (κ1) is 18.6. The first-order valence-corrected chi connectivity index (χ1v) is 8.09. The molecular weight excluding hydrogens is 393 g/mol. The van der Waals surface area contributed by atoms with Crippen LogP contribution in [0.1, 0.15) is 15.9 Å². The number of carbonyl (C=O) groups is 3. The first-order chi connectivity index (χ1) is 11.9. The number of hydrazine groups is 1. The third kappa shape index (κ3) is 6.34. The largest absolute Gasteiger partial charge is 0.343 e. The zero-order valence-corrected chi connectivity index (χ0v) is 14.6. The van der Waals surface area contributed by atoms with Gasteiger partial charge in [-0.05, 0) is 42.0 Å². The van der Waals surface area contributed by atoms with Gasteiger partial charge >= 0.3 is 0 Å². The van der Waals surface area contributed by atoms with Crippen molar-refractivity contribution in [2.45, 2.75) is 6.42 Å². The van der Waals surface area contributed by atoms with Crippen LogP contribution in [0.3, 0.4) is 0 Å². The molecule has 6 nitrogen and oxygen atoms in total. The van der Waals surface area contributed by atoms with Crippen LogP contribution >= 0.6 is 15.9 Å². The van der Waals surface area contributed by atoms with Gasteiger partial charge in [0.15, 0.2) is 0 Å². The van der Waals surface area contributed by atoms with E-state index in [0.29, 0.717) is 11.1 Å². The van der Waals surface area contributed by atoms with Crippen LogP contribution in [-0.4, -0.2) is 24.3 Å². The Kier molecular flexibility index (Phi) is 6.64. The van der Waals surface area contributed by atoms with E-state index in [9.17, 15) is 18.8 Å². The molecule has 0 fully saturated rings. The lowest BCUT2D eigenvalue weighted by atomic mass is 10.1. The maximum atomic E-state index is 12.8. The molecule has 0 saturated carbocycles. The lowest BCUT2D eigenvalue weighted by Gasteiger charge is -2.08. The van der Waals surface area contributed by atoms with Gasteiger partial charge in [-0.25, -0.2) is 4.39 Å². The molecule has 3 amide bonds. The van der Waals surface area contributed by atoms with Crippen LogP contribution in [0.4, 0.5) is 4.39 Å². The van der Waals surface area contributed by atoms with Crippen molar-refractivity contribution in [3.8, 4) is 0 Å². The zero-order valence-electron chi connectivity index (χ0n) is 13.0. The van der Waals surface area contributed by atoms with Crippen molar-refractivity contribution in [3.05, 3.63) is 69.9 Å². The number of amides is 3. The molecule has 2 rings (SSSR count). The second-order valence-electron chi connectivity index (χ2n) is 5.09. The van der Waals surface area contributed by atoms with Gasteiger partial charge in [0.25, 0.3) is 11.8 Å². The van der Waals surface area contributed by atoms with Crippen LogP contribution < -0.4 is 16.2 Å². The van der Waals surface area contributed by atoms with Crippen LogP contribution in [0.5, 0.6) is 0 Å². The molecule has 0 radical (unpaired) electrons. The highest BCUT2D eigenvalue weighted by atomic mass is 79.9. The Morgan fingerprint density at radius 1 is 0.880 bits per heavy atom. The van der Waals surface area contributed by atoms with E-state index in [0.717, 1.165) is 4.47 Å². The smallest absolute Gasteiger partial charge is 0.257 e. The van der Waals surface area contributed by atoms with E-state index in [-0.39, 0.29) is 18.8 Å². The second kappa shape index (κ2) is 8.93. The normalized spacial score (nSPS) is 10.0. The van der Waals surface area contributed by atoms with Crippen LogP contribution in [-0.2, 0) is 16.0 Å². The molecule has 0 saturated heterocycles. The molecule has 0 aromatic heterocycles. The lowest BCUT2D eigenvalue weighted by Crippen LogP contribution is -2.46. The molecule has 0 spiro atoms. The van der Waals surface area contributed by atoms with Gasteiger partial charge in [-0.2, -0.15) is 0 Å². The van der Waals surface area contributed by atoms with Crippen LogP contribution in [0.25, 0.3) is 0 Å². The number of halogens is 2. The Bertz CT molecular complexity index is 764. The van der Waals surface area contributed by atoms with Crippen molar-refractivity contribution in [2.75, 3.05) is 6.54 Å². The van der Waals surface area contributed by atoms with E-state index < -0.39 is 17.7 Å². The Hall–Kier alpha value is -2.74. The summed E-state index contributed by atoms with van der Waals surface area (Å²) in [6, 6.07) is 12.1. The fraction of sp³-hybridized carbons (Fsp3) is 0.118. The van der Waals surface area contributed by atoms with Gasteiger partial charge in [0.1, 0.15) is 5.82 Å².